The van der Waals surface area contributed by atoms with Crippen LogP contribution in [0.25, 0.3) is 16.9 Å². The molecule has 35 heavy (non-hydrogen) atoms. The summed E-state index contributed by atoms with van der Waals surface area (Å²) in [6.45, 7) is 3.62. The molecule has 1 heterocycles. The summed E-state index contributed by atoms with van der Waals surface area (Å²) in [5.74, 6) is -0.725. The molecule has 3 nitrogen and oxygen atoms in total. The average Bonchev–Trinajstić information content (AvgIpc) is 3.17. The molecule has 4 aromatic rings. The van der Waals surface area contributed by atoms with E-state index in [2.05, 4.69) is 5.16 Å². The predicted molar refractivity (Wildman–Crippen MR) is 124 cm³/mol. The molecule has 0 aliphatic heterocycles. The Bertz CT molecular complexity index is 1340. The first-order valence-electron chi connectivity index (χ1n) is 10.7. The number of hydrogen-bond donors (Lipinski definition) is 0. The van der Waals surface area contributed by atoms with E-state index in [9.17, 15) is 22.0 Å². The van der Waals surface area contributed by atoms with Crippen molar-refractivity contribution < 1.29 is 26.8 Å². The Labute approximate surface area is 199 Å². The lowest BCUT2D eigenvalue weighted by Crippen LogP contribution is -2.04. The molecule has 0 aliphatic rings. The van der Waals surface area contributed by atoms with Crippen molar-refractivity contribution in [2.24, 2.45) is 5.16 Å². The van der Waals surface area contributed by atoms with Gasteiger partial charge in [0.05, 0.1) is 17.0 Å². The van der Waals surface area contributed by atoms with Crippen LogP contribution in [0.3, 0.4) is 0 Å². The summed E-state index contributed by atoms with van der Waals surface area (Å²) in [5.41, 5.74) is 4.13. The Morgan fingerprint density at radius 2 is 1.43 bits per heavy atom. The minimum absolute atomic E-state index is 0.00197. The maximum absolute atomic E-state index is 13.5. The van der Waals surface area contributed by atoms with Gasteiger partial charge in [-0.1, -0.05) is 17.3 Å². The minimum Gasteiger partial charge on any atom is -0.391 e. The number of nitrogens with zero attached hydrogens (tertiary/aromatic N) is 2. The molecule has 0 N–H and O–H groups in total. The van der Waals surface area contributed by atoms with Gasteiger partial charge in [-0.15, -0.1) is 0 Å². The van der Waals surface area contributed by atoms with Crippen LogP contribution in [0.15, 0.2) is 84.0 Å². The molecule has 0 bridgehead atoms. The van der Waals surface area contributed by atoms with Crippen LogP contribution < -0.4 is 0 Å². The van der Waals surface area contributed by atoms with Gasteiger partial charge in [0, 0.05) is 16.9 Å². The van der Waals surface area contributed by atoms with Gasteiger partial charge in [0.1, 0.15) is 18.2 Å². The van der Waals surface area contributed by atoms with E-state index in [0.717, 1.165) is 34.6 Å². The Hall–Kier alpha value is -3.94. The molecule has 8 heteroatoms. The fourth-order valence-corrected chi connectivity index (χ4v) is 3.77. The largest absolute Gasteiger partial charge is 0.416 e. The number of alkyl halides is 3. The maximum Gasteiger partial charge on any atom is 0.416 e. The first-order chi connectivity index (χ1) is 16.6. The Morgan fingerprint density at radius 1 is 0.857 bits per heavy atom. The highest BCUT2D eigenvalue weighted by Crippen LogP contribution is 2.31. The molecule has 0 unspecified atom stereocenters. The Morgan fingerprint density at radius 3 is 2.00 bits per heavy atom. The monoisotopic (exact) mass is 484 g/mol. The van der Waals surface area contributed by atoms with Crippen LogP contribution in [-0.2, 0) is 17.6 Å². The second-order valence-electron chi connectivity index (χ2n) is 7.99. The molecule has 0 spiro atoms. The summed E-state index contributed by atoms with van der Waals surface area (Å²) in [7, 11) is 0. The van der Waals surface area contributed by atoms with Crippen molar-refractivity contribution in [1.82, 2.24) is 4.57 Å². The first-order valence-corrected chi connectivity index (χ1v) is 10.7. The van der Waals surface area contributed by atoms with Gasteiger partial charge < -0.3 is 9.40 Å². The van der Waals surface area contributed by atoms with Crippen molar-refractivity contribution in [1.29, 1.82) is 0 Å². The van der Waals surface area contributed by atoms with Crippen molar-refractivity contribution in [2.45, 2.75) is 26.6 Å². The van der Waals surface area contributed by atoms with E-state index >= 15 is 0 Å². The number of rotatable bonds is 6. The van der Waals surface area contributed by atoms with Crippen LogP contribution in [0.1, 0.15) is 29.3 Å². The third-order valence-electron chi connectivity index (χ3n) is 5.58. The van der Waals surface area contributed by atoms with Gasteiger partial charge >= 0.3 is 6.18 Å². The fourth-order valence-electron chi connectivity index (χ4n) is 3.77. The SMILES string of the molecule is CC(=NOCc1ccc(C(F)(F)F)cc1)c1cc(-c2ccc(F)cc2)n(-c2ccc(F)cc2)c1C. The molecule has 0 amide bonds. The molecule has 1 aromatic heterocycles. The highest BCUT2D eigenvalue weighted by Gasteiger charge is 2.29. The van der Waals surface area contributed by atoms with Gasteiger partial charge in [0.2, 0.25) is 0 Å². The smallest absolute Gasteiger partial charge is 0.391 e. The average molecular weight is 484 g/mol. The third kappa shape index (κ3) is 5.42. The fraction of sp³-hybridized carbons (Fsp3) is 0.148. The molecular weight excluding hydrogens is 463 g/mol. The molecule has 0 aliphatic carbocycles. The summed E-state index contributed by atoms with van der Waals surface area (Å²) in [5, 5.41) is 4.15. The highest BCUT2D eigenvalue weighted by atomic mass is 19.4. The second kappa shape index (κ2) is 9.74. The molecule has 4 rings (SSSR count). The van der Waals surface area contributed by atoms with Crippen LogP contribution in [0, 0.1) is 18.6 Å². The molecule has 180 valence electrons. The standard InChI is InChI=1S/C27H21F5N2O/c1-17(33-35-16-19-3-7-21(8-4-19)27(30,31)32)25-15-26(20-5-9-22(28)10-6-20)34(18(25)2)24-13-11-23(29)12-14-24/h3-15H,16H2,1-2H3. The normalized spacial score (nSPS) is 12.1. The second-order valence-corrected chi connectivity index (χ2v) is 7.99. The zero-order valence-electron chi connectivity index (χ0n) is 18.9. The summed E-state index contributed by atoms with van der Waals surface area (Å²) < 4.78 is 67.1. The molecular formula is C27H21F5N2O. The molecule has 0 radical (unpaired) electrons. The van der Waals surface area contributed by atoms with E-state index in [1.165, 1.54) is 36.4 Å². The summed E-state index contributed by atoms with van der Waals surface area (Å²) in [6, 6.07) is 18.6. The highest BCUT2D eigenvalue weighted by molar-refractivity contribution is 6.01. The first kappa shape index (κ1) is 24.2. The number of aromatic nitrogens is 1. The van der Waals surface area contributed by atoms with Gasteiger partial charge in [0.15, 0.2) is 0 Å². The van der Waals surface area contributed by atoms with E-state index in [4.69, 9.17) is 4.84 Å². The van der Waals surface area contributed by atoms with E-state index < -0.39 is 11.7 Å². The van der Waals surface area contributed by atoms with Crippen LogP contribution in [0.4, 0.5) is 22.0 Å². The van der Waals surface area contributed by atoms with Crippen LogP contribution in [0.2, 0.25) is 0 Å². The van der Waals surface area contributed by atoms with Crippen molar-refractivity contribution in [3.63, 3.8) is 0 Å². The molecule has 0 saturated heterocycles. The quantitative estimate of drug-likeness (QED) is 0.157. The molecule has 0 fully saturated rings. The molecule has 0 saturated carbocycles. The van der Waals surface area contributed by atoms with Crippen LogP contribution >= 0.6 is 0 Å². The number of hydrogen-bond acceptors (Lipinski definition) is 2. The lowest BCUT2D eigenvalue weighted by Gasteiger charge is -2.12. The predicted octanol–water partition coefficient (Wildman–Crippen LogP) is 7.69. The van der Waals surface area contributed by atoms with E-state index in [-0.39, 0.29) is 18.2 Å². The topological polar surface area (TPSA) is 26.5 Å². The summed E-state index contributed by atoms with van der Waals surface area (Å²) >= 11 is 0. The van der Waals surface area contributed by atoms with E-state index in [1.54, 1.807) is 31.2 Å². The van der Waals surface area contributed by atoms with Crippen molar-refractivity contribution in [3.05, 3.63) is 113 Å². The van der Waals surface area contributed by atoms with Crippen molar-refractivity contribution >= 4 is 5.71 Å². The Balaban J connectivity index is 1.63. The number of benzene rings is 3. The van der Waals surface area contributed by atoms with Gasteiger partial charge in [0.25, 0.3) is 0 Å². The van der Waals surface area contributed by atoms with E-state index in [0.29, 0.717) is 17.0 Å². The van der Waals surface area contributed by atoms with Crippen molar-refractivity contribution in [3.8, 4) is 16.9 Å². The van der Waals surface area contributed by atoms with Crippen LogP contribution in [-0.4, -0.2) is 10.3 Å². The Kier molecular flexibility index (Phi) is 6.73. The number of oxime groups is 1. The van der Waals surface area contributed by atoms with Gasteiger partial charge in [-0.25, -0.2) is 8.78 Å². The maximum atomic E-state index is 13.5. The van der Waals surface area contributed by atoms with E-state index in [1.807, 2.05) is 17.6 Å². The van der Waals surface area contributed by atoms with Gasteiger partial charge in [-0.3, -0.25) is 0 Å². The molecule has 0 atom stereocenters. The number of halogens is 5. The summed E-state index contributed by atoms with van der Waals surface area (Å²) in [6.07, 6.45) is -4.40. The minimum atomic E-state index is -4.40. The lowest BCUT2D eigenvalue weighted by atomic mass is 10.1. The zero-order chi connectivity index (χ0) is 25.2. The third-order valence-corrected chi connectivity index (χ3v) is 5.58. The van der Waals surface area contributed by atoms with Crippen LogP contribution in [0.5, 0.6) is 0 Å². The summed E-state index contributed by atoms with van der Waals surface area (Å²) in [4.78, 5) is 5.41. The van der Waals surface area contributed by atoms with Crippen molar-refractivity contribution in [2.75, 3.05) is 0 Å². The zero-order valence-corrected chi connectivity index (χ0v) is 18.9. The van der Waals surface area contributed by atoms with Gasteiger partial charge in [-0.05, 0) is 91.7 Å². The van der Waals surface area contributed by atoms with Gasteiger partial charge in [-0.2, -0.15) is 13.2 Å². The molecule has 3 aromatic carbocycles. The lowest BCUT2D eigenvalue weighted by molar-refractivity contribution is -0.137.